The lowest BCUT2D eigenvalue weighted by Gasteiger charge is -2.30. The Bertz CT molecular complexity index is 1130. The van der Waals surface area contributed by atoms with E-state index in [9.17, 15) is 24.0 Å². The zero-order chi connectivity index (χ0) is 47.1. The molecule has 23 heteroatoms. The van der Waals surface area contributed by atoms with E-state index in [1.54, 1.807) is 75.6 Å². The van der Waals surface area contributed by atoms with Crippen LogP contribution in [0, 0.1) is 0 Å². The van der Waals surface area contributed by atoms with Gasteiger partial charge in [-0.3, -0.25) is 38.7 Å². The summed E-state index contributed by atoms with van der Waals surface area (Å²) in [6, 6.07) is 0. The number of carbonyl (C=O) groups is 5. The zero-order valence-corrected chi connectivity index (χ0v) is 47.6. The van der Waals surface area contributed by atoms with Gasteiger partial charge >= 0.3 is 0 Å². The fraction of sp³-hybridized carbons (Fsp3) is 0.878. The van der Waals surface area contributed by atoms with Crippen molar-refractivity contribution in [1.82, 2.24) is 41.3 Å². The van der Waals surface area contributed by atoms with Crippen molar-refractivity contribution in [2.45, 2.75) is 79.6 Å². The van der Waals surface area contributed by atoms with Crippen LogP contribution in [0.5, 0.6) is 0 Å². The summed E-state index contributed by atoms with van der Waals surface area (Å²) >= 11 is 0. The molecule has 0 aliphatic heterocycles. The second-order valence-electron chi connectivity index (χ2n) is 14.1. The molecular formula is C41H82N8O5S10. The molecule has 0 aliphatic carbocycles. The van der Waals surface area contributed by atoms with E-state index in [0.717, 1.165) is 84.1 Å². The van der Waals surface area contributed by atoms with Crippen LogP contribution in [0.1, 0.15) is 79.6 Å². The molecule has 0 aromatic carbocycles. The first-order valence-electron chi connectivity index (χ1n) is 22.9. The molecule has 376 valence electrons. The predicted octanol–water partition coefficient (Wildman–Crippen LogP) is 7.21. The summed E-state index contributed by atoms with van der Waals surface area (Å²) in [6.45, 7) is 19.4. The van der Waals surface area contributed by atoms with Gasteiger partial charge in [-0.2, -0.15) is 0 Å². The van der Waals surface area contributed by atoms with Gasteiger partial charge in [-0.05, 0) is 19.3 Å². The first kappa shape index (κ1) is 64.7. The van der Waals surface area contributed by atoms with Crippen molar-refractivity contribution in [3.63, 3.8) is 0 Å². The lowest BCUT2D eigenvalue weighted by atomic mass is 10.3. The average Bonchev–Trinajstić information content (AvgIpc) is 3.27. The minimum atomic E-state index is 0.0172. The van der Waals surface area contributed by atoms with Crippen molar-refractivity contribution in [3.05, 3.63) is 0 Å². The van der Waals surface area contributed by atoms with Crippen molar-refractivity contribution >= 4 is 137 Å². The molecular weight excluding hydrogens is 1010 g/mol. The van der Waals surface area contributed by atoms with Crippen LogP contribution in [-0.2, 0) is 24.0 Å². The SMILES string of the molecule is CCCSSCCC(=O)NCCN(CCNC(=O)CCSSCCC)CCN(CCNC(=O)CCSSCCC)CCN(CCNC(=O)CCSSCC)CCNC(=O)CSSCC. The third-order valence-electron chi connectivity index (χ3n) is 8.57. The Labute approximate surface area is 427 Å². The second-order valence-corrected chi connectivity index (χ2v) is 27.8. The van der Waals surface area contributed by atoms with Crippen LogP contribution in [0.15, 0.2) is 0 Å². The van der Waals surface area contributed by atoms with Crippen LogP contribution < -0.4 is 26.6 Å². The fourth-order valence-corrected chi connectivity index (χ4v) is 14.8. The highest BCUT2D eigenvalue weighted by molar-refractivity contribution is 8.77. The highest BCUT2D eigenvalue weighted by Crippen LogP contribution is 2.24. The van der Waals surface area contributed by atoms with E-state index in [1.807, 2.05) is 32.4 Å². The van der Waals surface area contributed by atoms with Crippen molar-refractivity contribution in [1.29, 1.82) is 0 Å². The molecule has 0 aromatic rings. The maximum absolute atomic E-state index is 12.8. The van der Waals surface area contributed by atoms with Crippen molar-refractivity contribution in [2.24, 2.45) is 0 Å². The normalized spacial score (nSPS) is 11.4. The summed E-state index contributed by atoms with van der Waals surface area (Å²) in [4.78, 5) is 70.2. The van der Waals surface area contributed by atoms with E-state index in [4.69, 9.17) is 0 Å². The van der Waals surface area contributed by atoms with Crippen molar-refractivity contribution in [3.8, 4) is 0 Å². The molecule has 0 aromatic heterocycles. The lowest BCUT2D eigenvalue weighted by Crippen LogP contribution is -2.47. The number of carbonyl (C=O) groups excluding carboxylic acids is 5. The van der Waals surface area contributed by atoms with Crippen molar-refractivity contribution < 1.29 is 24.0 Å². The Kier molecular flexibility index (Phi) is 50.7. The monoisotopic (exact) mass is 1090 g/mol. The molecule has 0 radical (unpaired) electrons. The van der Waals surface area contributed by atoms with Gasteiger partial charge in [-0.1, -0.05) is 143 Å². The van der Waals surface area contributed by atoms with Gasteiger partial charge in [0.1, 0.15) is 0 Å². The first-order chi connectivity index (χ1) is 31.2. The van der Waals surface area contributed by atoms with Crippen LogP contribution in [0.4, 0.5) is 0 Å². The number of nitrogens with zero attached hydrogens (tertiary/aromatic N) is 3. The molecule has 0 fully saturated rings. The van der Waals surface area contributed by atoms with Crippen molar-refractivity contribution in [2.75, 3.05) is 149 Å². The van der Waals surface area contributed by atoms with Gasteiger partial charge < -0.3 is 26.6 Å². The Morgan fingerprint density at radius 3 is 0.859 bits per heavy atom. The highest BCUT2D eigenvalue weighted by Gasteiger charge is 2.15. The van der Waals surface area contributed by atoms with E-state index in [0.29, 0.717) is 110 Å². The van der Waals surface area contributed by atoms with Gasteiger partial charge in [0.15, 0.2) is 0 Å². The summed E-state index contributed by atoms with van der Waals surface area (Å²) in [6.07, 6.45) is 5.29. The fourth-order valence-electron chi connectivity index (χ4n) is 5.21. The van der Waals surface area contributed by atoms with E-state index in [-0.39, 0.29) is 29.5 Å². The molecule has 64 heavy (non-hydrogen) atoms. The molecule has 0 saturated carbocycles. The van der Waals surface area contributed by atoms with Gasteiger partial charge in [0.05, 0.1) is 5.75 Å². The number of hydrogen-bond acceptors (Lipinski definition) is 18. The minimum absolute atomic E-state index is 0.0172. The first-order valence-corrected chi connectivity index (χ1v) is 35.3. The quantitative estimate of drug-likeness (QED) is 0.0308. The molecule has 0 heterocycles. The smallest absolute Gasteiger partial charge is 0.230 e. The molecule has 0 spiro atoms. The maximum Gasteiger partial charge on any atom is 0.230 e. The summed E-state index contributed by atoms with van der Waals surface area (Å²) in [5.74, 6) is 8.98. The Balaban J connectivity index is 5.78. The third kappa shape index (κ3) is 45.2. The van der Waals surface area contributed by atoms with Crippen LogP contribution in [0.25, 0.3) is 0 Å². The minimum Gasteiger partial charge on any atom is -0.355 e. The molecule has 0 aliphatic rings. The standard InChI is InChI=1S/C41H82N8O5S10/c1-6-29-57-61-33-12-38(51)43-15-20-47(21-16-44-39(52)13-34-62-58-30-7-2)25-27-49(24-18-45-40(53)14-35-63-59-31-8-3)28-26-48(23-19-46-41(54)36-64-56-10-5)22-17-42-37(50)11-32-60-55-9-4/h6-36H2,1-5H3,(H,42,50)(H,43,51)(H,44,52)(H,45,53)(H,46,54). The summed E-state index contributed by atoms with van der Waals surface area (Å²) in [5.41, 5.74) is 0. The summed E-state index contributed by atoms with van der Waals surface area (Å²) in [5, 5.41) is 15.5. The topological polar surface area (TPSA) is 155 Å². The Morgan fingerprint density at radius 1 is 0.312 bits per heavy atom. The van der Waals surface area contributed by atoms with Gasteiger partial charge in [0.2, 0.25) is 29.5 Å². The molecule has 13 nitrogen and oxygen atoms in total. The number of amides is 5. The molecule has 5 amide bonds. The molecule has 0 bridgehead atoms. The molecule has 0 rings (SSSR count). The predicted molar refractivity (Wildman–Crippen MR) is 300 cm³/mol. The molecule has 0 saturated heterocycles. The summed E-state index contributed by atoms with van der Waals surface area (Å²) < 4.78 is 0. The van der Waals surface area contributed by atoms with Gasteiger partial charge in [-0.25, -0.2) is 0 Å². The maximum atomic E-state index is 12.8. The van der Waals surface area contributed by atoms with E-state index < -0.39 is 0 Å². The number of rotatable bonds is 48. The molecule has 0 unspecified atom stereocenters. The molecule has 5 N–H and O–H groups in total. The van der Waals surface area contributed by atoms with Crippen LogP contribution in [-0.4, -0.2) is 193 Å². The second kappa shape index (κ2) is 50.1. The number of nitrogens with one attached hydrogen (secondary N) is 5. The largest absolute Gasteiger partial charge is 0.355 e. The highest BCUT2D eigenvalue weighted by atomic mass is 33.1. The third-order valence-corrected chi connectivity index (χ3v) is 21.2. The van der Waals surface area contributed by atoms with E-state index in [1.165, 1.54) is 0 Å². The molecule has 0 atom stereocenters. The Morgan fingerprint density at radius 2 is 0.562 bits per heavy atom. The summed E-state index contributed by atoms with van der Waals surface area (Å²) in [7, 11) is 17.4. The van der Waals surface area contributed by atoms with E-state index >= 15 is 0 Å². The van der Waals surface area contributed by atoms with Gasteiger partial charge in [-0.15, -0.1) is 0 Å². The van der Waals surface area contributed by atoms with Crippen LogP contribution in [0.2, 0.25) is 0 Å². The number of hydrogen-bond donors (Lipinski definition) is 5. The Hall–Kier alpha value is 0.730. The zero-order valence-electron chi connectivity index (χ0n) is 39.4. The van der Waals surface area contributed by atoms with E-state index in [2.05, 4.69) is 75.9 Å². The average molecular weight is 1090 g/mol. The van der Waals surface area contributed by atoms with Gasteiger partial charge in [0, 0.05) is 169 Å². The lowest BCUT2D eigenvalue weighted by molar-refractivity contribution is -0.121. The van der Waals surface area contributed by atoms with Crippen LogP contribution >= 0.6 is 108 Å². The van der Waals surface area contributed by atoms with Crippen LogP contribution in [0.3, 0.4) is 0 Å². The van der Waals surface area contributed by atoms with Gasteiger partial charge in [0.25, 0.3) is 0 Å².